The van der Waals surface area contributed by atoms with E-state index in [2.05, 4.69) is 19.2 Å². The first kappa shape index (κ1) is 15.1. The third-order valence-electron chi connectivity index (χ3n) is 3.83. The summed E-state index contributed by atoms with van der Waals surface area (Å²) in [6, 6.07) is 7.33. The van der Waals surface area contributed by atoms with Crippen LogP contribution in [0.3, 0.4) is 0 Å². The predicted octanol–water partition coefficient (Wildman–Crippen LogP) is 2.81. The molecule has 1 aromatic rings. The summed E-state index contributed by atoms with van der Waals surface area (Å²) in [5.41, 5.74) is 5.70. The number of rotatable bonds is 4. The van der Waals surface area contributed by atoms with Gasteiger partial charge >= 0.3 is 0 Å². The van der Waals surface area contributed by atoms with Crippen molar-refractivity contribution in [3.05, 3.63) is 29.3 Å². The number of amides is 1. The van der Waals surface area contributed by atoms with E-state index in [4.69, 9.17) is 22.1 Å². The lowest BCUT2D eigenvalue weighted by Crippen LogP contribution is -2.56. The standard InChI is InChI=1S/C15H21ClN2O2/c1-10(2)13-9-15(14(17)19,6-7-20-13)18-12-5-3-4-11(16)8-12/h3-5,8,10,13,18H,6-7,9H2,1-2H3,(H2,17,19). The molecule has 0 radical (unpaired) electrons. The Morgan fingerprint density at radius 1 is 1.55 bits per heavy atom. The van der Waals surface area contributed by atoms with Crippen LogP contribution < -0.4 is 11.1 Å². The first-order chi connectivity index (χ1) is 9.43. The van der Waals surface area contributed by atoms with Gasteiger partial charge in [-0.25, -0.2) is 0 Å². The third-order valence-corrected chi connectivity index (χ3v) is 4.07. The summed E-state index contributed by atoms with van der Waals surface area (Å²) in [7, 11) is 0. The van der Waals surface area contributed by atoms with Crippen molar-refractivity contribution in [3.8, 4) is 0 Å². The lowest BCUT2D eigenvalue weighted by atomic mass is 9.82. The van der Waals surface area contributed by atoms with E-state index in [-0.39, 0.29) is 12.0 Å². The zero-order valence-corrected chi connectivity index (χ0v) is 12.6. The number of hydrogen-bond donors (Lipinski definition) is 2. The molecule has 3 N–H and O–H groups in total. The number of benzene rings is 1. The summed E-state index contributed by atoms with van der Waals surface area (Å²) in [5.74, 6) is 0.00149. The van der Waals surface area contributed by atoms with Gasteiger partial charge in [0.1, 0.15) is 5.54 Å². The fraction of sp³-hybridized carbons (Fsp3) is 0.533. The van der Waals surface area contributed by atoms with Crippen molar-refractivity contribution in [3.63, 3.8) is 0 Å². The monoisotopic (exact) mass is 296 g/mol. The van der Waals surface area contributed by atoms with Gasteiger partial charge in [-0.05, 0) is 24.1 Å². The molecule has 2 rings (SSSR count). The molecule has 1 fully saturated rings. The van der Waals surface area contributed by atoms with Crippen molar-refractivity contribution in [2.75, 3.05) is 11.9 Å². The quantitative estimate of drug-likeness (QED) is 0.898. The van der Waals surface area contributed by atoms with Crippen molar-refractivity contribution < 1.29 is 9.53 Å². The molecule has 1 aromatic carbocycles. The first-order valence-electron chi connectivity index (χ1n) is 6.88. The van der Waals surface area contributed by atoms with Crippen molar-refractivity contribution >= 4 is 23.2 Å². The number of nitrogens with one attached hydrogen (secondary N) is 1. The van der Waals surface area contributed by atoms with Gasteiger partial charge in [0.15, 0.2) is 0 Å². The maximum atomic E-state index is 12.0. The van der Waals surface area contributed by atoms with E-state index in [1.54, 1.807) is 12.1 Å². The van der Waals surface area contributed by atoms with E-state index in [1.165, 1.54) is 0 Å². The molecule has 2 atom stereocenters. The second-order valence-corrected chi connectivity index (χ2v) is 6.13. The zero-order chi connectivity index (χ0) is 14.8. The highest BCUT2D eigenvalue weighted by molar-refractivity contribution is 6.30. The summed E-state index contributed by atoms with van der Waals surface area (Å²) in [6.45, 7) is 4.70. The molecule has 0 saturated carbocycles. The molecule has 0 bridgehead atoms. The van der Waals surface area contributed by atoms with Gasteiger partial charge in [-0.3, -0.25) is 4.79 Å². The van der Waals surface area contributed by atoms with Gasteiger partial charge < -0.3 is 15.8 Å². The fourth-order valence-electron chi connectivity index (χ4n) is 2.56. The molecule has 4 nitrogen and oxygen atoms in total. The van der Waals surface area contributed by atoms with Crippen LogP contribution in [0.25, 0.3) is 0 Å². The van der Waals surface area contributed by atoms with Gasteiger partial charge in [-0.1, -0.05) is 31.5 Å². The number of halogens is 1. The van der Waals surface area contributed by atoms with Crippen molar-refractivity contribution in [1.82, 2.24) is 0 Å². The van der Waals surface area contributed by atoms with Gasteiger partial charge in [0.2, 0.25) is 5.91 Å². The highest BCUT2D eigenvalue weighted by Crippen LogP contribution is 2.32. The van der Waals surface area contributed by atoms with Crippen LogP contribution in [-0.4, -0.2) is 24.2 Å². The number of ether oxygens (including phenoxy) is 1. The molecule has 0 spiro atoms. The lowest BCUT2D eigenvalue weighted by Gasteiger charge is -2.41. The average molecular weight is 297 g/mol. The van der Waals surface area contributed by atoms with Gasteiger partial charge in [0.25, 0.3) is 0 Å². The smallest absolute Gasteiger partial charge is 0.243 e. The molecule has 1 aliphatic heterocycles. The average Bonchev–Trinajstić information content (AvgIpc) is 2.38. The Morgan fingerprint density at radius 2 is 2.30 bits per heavy atom. The predicted molar refractivity (Wildman–Crippen MR) is 80.8 cm³/mol. The molecule has 0 aromatic heterocycles. The van der Waals surface area contributed by atoms with Crippen LogP contribution in [0.1, 0.15) is 26.7 Å². The summed E-state index contributed by atoms with van der Waals surface area (Å²) < 4.78 is 5.73. The van der Waals surface area contributed by atoms with Crippen LogP contribution >= 0.6 is 11.6 Å². The van der Waals surface area contributed by atoms with E-state index in [1.807, 2.05) is 12.1 Å². The number of primary amides is 1. The normalized spacial score (nSPS) is 26.5. The van der Waals surface area contributed by atoms with E-state index >= 15 is 0 Å². The maximum Gasteiger partial charge on any atom is 0.243 e. The van der Waals surface area contributed by atoms with Crippen LogP contribution in [0.2, 0.25) is 5.02 Å². The van der Waals surface area contributed by atoms with Crippen molar-refractivity contribution in [2.24, 2.45) is 11.7 Å². The number of carbonyl (C=O) groups is 1. The highest BCUT2D eigenvalue weighted by Gasteiger charge is 2.42. The number of hydrogen-bond acceptors (Lipinski definition) is 3. The van der Waals surface area contributed by atoms with Crippen LogP contribution in [-0.2, 0) is 9.53 Å². The van der Waals surface area contributed by atoms with Gasteiger partial charge in [0, 0.05) is 30.2 Å². The summed E-state index contributed by atoms with van der Waals surface area (Å²) in [4.78, 5) is 12.0. The largest absolute Gasteiger partial charge is 0.378 e. The molecule has 0 aliphatic carbocycles. The van der Waals surface area contributed by atoms with Gasteiger partial charge in [-0.2, -0.15) is 0 Å². The fourth-order valence-corrected chi connectivity index (χ4v) is 2.75. The van der Waals surface area contributed by atoms with E-state index in [9.17, 15) is 4.79 Å². The molecule has 2 unspecified atom stereocenters. The maximum absolute atomic E-state index is 12.0. The number of nitrogens with two attached hydrogens (primary N) is 1. The Balaban J connectivity index is 2.23. The SMILES string of the molecule is CC(C)C1CC(Nc2cccc(Cl)c2)(C(N)=O)CCO1. The molecule has 110 valence electrons. The molecule has 1 heterocycles. The highest BCUT2D eigenvalue weighted by atomic mass is 35.5. The second-order valence-electron chi connectivity index (χ2n) is 5.69. The molecule has 1 amide bonds. The molecule has 5 heteroatoms. The number of anilines is 1. The molecule has 1 aliphatic rings. The lowest BCUT2D eigenvalue weighted by molar-refractivity contribution is -0.128. The van der Waals surface area contributed by atoms with Gasteiger partial charge in [-0.15, -0.1) is 0 Å². The Kier molecular flexibility index (Phi) is 4.55. The van der Waals surface area contributed by atoms with Crippen LogP contribution in [0, 0.1) is 5.92 Å². The van der Waals surface area contributed by atoms with Crippen molar-refractivity contribution in [2.45, 2.75) is 38.3 Å². The molecular weight excluding hydrogens is 276 g/mol. The van der Waals surface area contributed by atoms with Crippen molar-refractivity contribution in [1.29, 1.82) is 0 Å². The van der Waals surface area contributed by atoms with Gasteiger partial charge in [0.05, 0.1) is 6.10 Å². The molecule has 20 heavy (non-hydrogen) atoms. The molecule has 1 saturated heterocycles. The van der Waals surface area contributed by atoms with E-state index in [0.29, 0.717) is 30.4 Å². The van der Waals surface area contributed by atoms with Crippen LogP contribution in [0.4, 0.5) is 5.69 Å². The Labute approximate surface area is 124 Å². The van der Waals surface area contributed by atoms with E-state index < -0.39 is 5.54 Å². The Morgan fingerprint density at radius 3 is 2.90 bits per heavy atom. The second kappa shape index (κ2) is 6.02. The molecular formula is C15H21ClN2O2. The summed E-state index contributed by atoms with van der Waals surface area (Å²) in [6.07, 6.45) is 1.17. The summed E-state index contributed by atoms with van der Waals surface area (Å²) in [5, 5.41) is 3.91. The number of carbonyl (C=O) groups excluding carboxylic acids is 1. The minimum absolute atomic E-state index is 0.0305. The minimum Gasteiger partial charge on any atom is -0.378 e. The van der Waals surface area contributed by atoms with Crippen LogP contribution in [0.15, 0.2) is 24.3 Å². The van der Waals surface area contributed by atoms with E-state index in [0.717, 1.165) is 5.69 Å². The zero-order valence-electron chi connectivity index (χ0n) is 11.9. The third kappa shape index (κ3) is 3.25. The topological polar surface area (TPSA) is 64.3 Å². The summed E-state index contributed by atoms with van der Waals surface area (Å²) >= 11 is 5.99. The Bertz CT molecular complexity index is 493. The van der Waals surface area contributed by atoms with Crippen LogP contribution in [0.5, 0.6) is 0 Å². The minimum atomic E-state index is -0.766. The first-order valence-corrected chi connectivity index (χ1v) is 7.26. The Hall–Kier alpha value is -1.26.